The zero-order chi connectivity index (χ0) is 22.9. The summed E-state index contributed by atoms with van der Waals surface area (Å²) >= 11 is 0. The van der Waals surface area contributed by atoms with E-state index in [4.69, 9.17) is 6.42 Å². The Bertz CT molecular complexity index is 958. The number of carbonyl (C=O) groups is 1. The number of fused-ring (bicyclic) bond motifs is 1. The predicted molar refractivity (Wildman–Crippen MR) is 133 cm³/mol. The summed E-state index contributed by atoms with van der Waals surface area (Å²) in [4.78, 5) is 14.2. The van der Waals surface area contributed by atoms with Crippen molar-refractivity contribution < 1.29 is 9.00 Å². The smallest absolute Gasteiger partial charge is 0.220 e. The molecule has 1 aliphatic rings. The molecule has 1 fully saturated rings. The molecule has 5 nitrogen and oxygen atoms in total. The van der Waals surface area contributed by atoms with Gasteiger partial charge in [-0.1, -0.05) is 48.4 Å². The zero-order valence-electron chi connectivity index (χ0n) is 19.3. The van der Waals surface area contributed by atoms with Crippen LogP contribution in [0.4, 0.5) is 0 Å². The monoisotopic (exact) mass is 453 g/mol. The van der Waals surface area contributed by atoms with Gasteiger partial charge in [-0.2, -0.15) is 0 Å². The van der Waals surface area contributed by atoms with Crippen molar-refractivity contribution in [1.82, 2.24) is 14.5 Å². The molecule has 6 heteroatoms. The number of nitrogens with one attached hydrogen (secondary N) is 1. The lowest BCUT2D eigenvalue weighted by Gasteiger charge is -2.40. The summed E-state index contributed by atoms with van der Waals surface area (Å²) in [7, 11) is -1.01. The highest BCUT2D eigenvalue weighted by Crippen LogP contribution is 2.31. The summed E-state index contributed by atoms with van der Waals surface area (Å²) < 4.78 is 14.5. The Balaban J connectivity index is 1.52. The molecular formula is C26H35N3O2S. The third-order valence-electron chi connectivity index (χ3n) is 6.48. The highest BCUT2D eigenvalue weighted by atomic mass is 32.2. The Labute approximate surface area is 195 Å². The van der Waals surface area contributed by atoms with E-state index in [0.29, 0.717) is 18.5 Å². The molecule has 0 spiro atoms. The van der Waals surface area contributed by atoms with Gasteiger partial charge in [0.2, 0.25) is 5.91 Å². The Morgan fingerprint density at radius 3 is 2.66 bits per heavy atom. The van der Waals surface area contributed by atoms with Crippen LogP contribution in [-0.2, 0) is 15.8 Å². The Kier molecular flexibility index (Phi) is 9.28. The fourth-order valence-corrected chi connectivity index (χ4v) is 5.70. The van der Waals surface area contributed by atoms with Gasteiger partial charge in [0.1, 0.15) is 0 Å². The van der Waals surface area contributed by atoms with E-state index in [1.165, 1.54) is 16.3 Å². The number of hydrogen-bond acceptors (Lipinski definition) is 3. The summed E-state index contributed by atoms with van der Waals surface area (Å²) in [6.07, 6.45) is 11.1. The molecular weight excluding hydrogens is 418 g/mol. The maximum Gasteiger partial charge on any atom is 0.220 e. The predicted octanol–water partition coefficient (Wildman–Crippen LogP) is 3.88. The van der Waals surface area contributed by atoms with Gasteiger partial charge in [0.05, 0.1) is 17.5 Å². The summed E-state index contributed by atoms with van der Waals surface area (Å²) in [5.74, 6) is 2.40. The highest BCUT2D eigenvalue weighted by Gasteiger charge is 2.29. The van der Waals surface area contributed by atoms with Crippen LogP contribution in [0.3, 0.4) is 0 Å². The number of hydrogen-bond donors (Lipinski definition) is 1. The maximum absolute atomic E-state index is 12.4. The van der Waals surface area contributed by atoms with Crippen LogP contribution in [0.1, 0.15) is 50.6 Å². The summed E-state index contributed by atoms with van der Waals surface area (Å²) in [6, 6.07) is 15.8. The first kappa shape index (κ1) is 24.4. The first-order chi connectivity index (χ1) is 15.5. The summed E-state index contributed by atoms with van der Waals surface area (Å²) in [5, 5.41) is 5.30. The first-order valence-corrected chi connectivity index (χ1v) is 13.0. The van der Waals surface area contributed by atoms with Gasteiger partial charge in [0.25, 0.3) is 0 Å². The lowest BCUT2D eigenvalue weighted by atomic mass is 9.96. The van der Waals surface area contributed by atoms with Crippen LogP contribution in [0.5, 0.6) is 0 Å². The van der Waals surface area contributed by atoms with E-state index in [9.17, 15) is 9.00 Å². The van der Waals surface area contributed by atoms with E-state index >= 15 is 0 Å². The van der Waals surface area contributed by atoms with E-state index in [1.54, 1.807) is 6.26 Å². The topological polar surface area (TPSA) is 52.7 Å². The Hall–Kier alpha value is -2.20. The third-order valence-corrected chi connectivity index (χ3v) is 7.62. The molecule has 0 aliphatic carbocycles. The fraction of sp³-hybridized carbons (Fsp3) is 0.500. The van der Waals surface area contributed by atoms with Crippen molar-refractivity contribution in [1.29, 1.82) is 0 Å². The van der Waals surface area contributed by atoms with Crippen molar-refractivity contribution in [3.63, 3.8) is 0 Å². The lowest BCUT2D eigenvalue weighted by Crippen LogP contribution is -2.46. The number of likely N-dealkylation sites (tertiary alicyclic amines) is 1. The minimum absolute atomic E-state index is 0.0112. The number of nitrogens with zero attached hydrogens (tertiary/aromatic N) is 2. The van der Waals surface area contributed by atoms with E-state index in [2.05, 4.69) is 69.8 Å². The van der Waals surface area contributed by atoms with Crippen LogP contribution in [0.15, 0.2) is 42.5 Å². The lowest BCUT2D eigenvalue weighted by molar-refractivity contribution is -0.120. The second-order valence-electron chi connectivity index (χ2n) is 8.51. The standard InChI is InChI=1S/C26H35N3O2S/c1-4-17-27-26(30)14-7-8-18-29(32(3)31)23-15-19-28(20-16-23)21(2)24-13-9-11-22-10-5-6-12-25(22)24/h1,5-6,9-13,21,23H,7-8,14-20H2,2-3H3,(H,27,30). The van der Waals surface area contributed by atoms with Crippen molar-refractivity contribution in [2.24, 2.45) is 0 Å². The van der Waals surface area contributed by atoms with E-state index in [-0.39, 0.29) is 12.5 Å². The second-order valence-corrected chi connectivity index (χ2v) is 9.83. The minimum atomic E-state index is -1.01. The molecule has 1 aliphatic heterocycles. The minimum Gasteiger partial charge on any atom is -0.345 e. The van der Waals surface area contributed by atoms with Crippen LogP contribution in [0.25, 0.3) is 10.8 Å². The number of rotatable bonds is 10. The van der Waals surface area contributed by atoms with Crippen molar-refractivity contribution in [2.45, 2.75) is 51.1 Å². The van der Waals surface area contributed by atoms with Gasteiger partial charge < -0.3 is 5.32 Å². The van der Waals surface area contributed by atoms with Crippen molar-refractivity contribution in [3.05, 3.63) is 48.0 Å². The molecule has 1 amide bonds. The Morgan fingerprint density at radius 2 is 1.94 bits per heavy atom. The molecule has 0 saturated carbocycles. The molecule has 172 valence electrons. The van der Waals surface area contributed by atoms with Gasteiger partial charge in [-0.15, -0.1) is 6.42 Å². The van der Waals surface area contributed by atoms with Crippen molar-refractivity contribution >= 4 is 27.7 Å². The third kappa shape index (κ3) is 6.41. The van der Waals surface area contributed by atoms with E-state index < -0.39 is 11.0 Å². The molecule has 1 heterocycles. The average Bonchev–Trinajstić information content (AvgIpc) is 2.82. The highest BCUT2D eigenvalue weighted by molar-refractivity contribution is 7.81. The van der Waals surface area contributed by atoms with Crippen LogP contribution in [-0.4, -0.2) is 57.8 Å². The summed E-state index contributed by atoms with van der Waals surface area (Å²) in [5.41, 5.74) is 1.38. The second kappa shape index (κ2) is 12.2. The zero-order valence-corrected chi connectivity index (χ0v) is 20.1. The SMILES string of the molecule is C#CCNC(=O)CCCCN(C1CCN(C(C)c2cccc3ccccc23)CC1)S(C)=O. The molecule has 3 rings (SSSR count). The van der Waals surface area contributed by atoms with Gasteiger partial charge in [0, 0.05) is 44.4 Å². The van der Waals surface area contributed by atoms with Gasteiger partial charge >= 0.3 is 0 Å². The molecule has 2 aromatic rings. The van der Waals surface area contributed by atoms with Crippen LogP contribution in [0, 0.1) is 12.3 Å². The van der Waals surface area contributed by atoms with Crippen LogP contribution < -0.4 is 5.32 Å². The number of terminal acetylenes is 1. The van der Waals surface area contributed by atoms with E-state index in [1.807, 2.05) is 0 Å². The molecule has 0 bridgehead atoms. The normalized spacial score (nSPS) is 17.2. The number of benzene rings is 2. The largest absolute Gasteiger partial charge is 0.345 e. The van der Waals surface area contributed by atoms with Gasteiger partial charge in [-0.3, -0.25) is 9.69 Å². The molecule has 2 aromatic carbocycles. The number of unbranched alkanes of at least 4 members (excludes halogenated alkanes) is 1. The van der Waals surface area contributed by atoms with Crippen molar-refractivity contribution in [2.75, 3.05) is 32.4 Å². The van der Waals surface area contributed by atoms with Crippen LogP contribution >= 0.6 is 0 Å². The number of carbonyl (C=O) groups excluding carboxylic acids is 1. The van der Waals surface area contributed by atoms with Gasteiger partial charge in [-0.25, -0.2) is 8.51 Å². The van der Waals surface area contributed by atoms with Gasteiger partial charge in [0.15, 0.2) is 0 Å². The van der Waals surface area contributed by atoms with Gasteiger partial charge in [-0.05, 0) is 48.9 Å². The molecule has 32 heavy (non-hydrogen) atoms. The fourth-order valence-electron chi connectivity index (χ4n) is 4.68. The Morgan fingerprint density at radius 1 is 1.22 bits per heavy atom. The van der Waals surface area contributed by atoms with Crippen molar-refractivity contribution in [3.8, 4) is 12.3 Å². The average molecular weight is 454 g/mol. The maximum atomic E-state index is 12.4. The first-order valence-electron chi connectivity index (χ1n) is 11.5. The molecule has 2 atom stereocenters. The molecule has 1 N–H and O–H groups in total. The summed E-state index contributed by atoms with van der Waals surface area (Å²) in [6.45, 7) is 5.33. The quantitative estimate of drug-likeness (QED) is 0.439. The molecule has 1 saturated heterocycles. The van der Waals surface area contributed by atoms with Crippen LogP contribution in [0.2, 0.25) is 0 Å². The molecule has 0 radical (unpaired) electrons. The number of amides is 1. The van der Waals surface area contributed by atoms with E-state index in [0.717, 1.165) is 45.3 Å². The number of piperidine rings is 1. The molecule has 0 aromatic heterocycles. The molecule has 2 unspecified atom stereocenters.